The Morgan fingerprint density at radius 3 is 2.27 bits per heavy atom. The van der Waals surface area contributed by atoms with E-state index < -0.39 is 29.6 Å². The second-order valence-electron chi connectivity index (χ2n) is 13.3. The third-order valence-electron chi connectivity index (χ3n) is 10.3. The van der Waals surface area contributed by atoms with E-state index in [0.717, 1.165) is 57.4 Å². The number of anilines is 1. The average Bonchev–Trinajstić information content (AvgIpc) is 3.60. The van der Waals surface area contributed by atoms with Gasteiger partial charge in [-0.05, 0) is 75.2 Å². The molecule has 4 heterocycles. The highest BCUT2D eigenvalue weighted by Crippen LogP contribution is 2.55. The zero-order valence-corrected chi connectivity index (χ0v) is 25.9. The molecule has 1 spiro atoms. The summed E-state index contributed by atoms with van der Waals surface area (Å²) in [5.41, 5.74) is -0.537. The molecule has 9 heteroatoms. The van der Waals surface area contributed by atoms with Crippen LogP contribution in [-0.2, 0) is 19.1 Å². The summed E-state index contributed by atoms with van der Waals surface area (Å²) in [6.07, 6.45) is 13.3. The number of carbonyl (C=O) groups excluding carboxylic acids is 3. The molecule has 9 nitrogen and oxygen atoms in total. The van der Waals surface area contributed by atoms with Crippen molar-refractivity contribution in [3.8, 4) is 11.5 Å². The van der Waals surface area contributed by atoms with Crippen molar-refractivity contribution >= 4 is 23.4 Å². The number of nitrogens with zero attached hydrogens (tertiary/aromatic N) is 2. The van der Waals surface area contributed by atoms with Gasteiger partial charge < -0.3 is 29.9 Å². The number of hydrogen-bond donors (Lipinski definition) is 2. The van der Waals surface area contributed by atoms with E-state index in [0.29, 0.717) is 24.5 Å². The fourth-order valence-electron chi connectivity index (χ4n) is 8.10. The van der Waals surface area contributed by atoms with Crippen molar-refractivity contribution in [2.24, 2.45) is 11.8 Å². The number of nitrogens with one attached hydrogen (secondary N) is 2. The summed E-state index contributed by atoms with van der Waals surface area (Å²) in [7, 11) is 0. The van der Waals surface area contributed by atoms with Crippen LogP contribution in [0.3, 0.4) is 0 Å². The average molecular weight is 613 g/mol. The Morgan fingerprint density at radius 1 is 0.844 bits per heavy atom. The first kappa shape index (κ1) is 30.0. The molecule has 45 heavy (non-hydrogen) atoms. The maximum Gasteiger partial charge on any atom is 0.246 e. The summed E-state index contributed by atoms with van der Waals surface area (Å²) >= 11 is 0. The SMILES string of the molecule is O=C(Nc1ccc(Oc2ccccc2)cc1)[C@H]1[C@H]2C=C[C@]3(O2)[C@H](C(=O)NC2CCCCC2)N(CCN2CCCCCC2)C(=O)[C@@H]13. The number of likely N-dealkylation sites (tertiary alicyclic amines) is 2. The molecule has 238 valence electrons. The van der Waals surface area contributed by atoms with Crippen LogP contribution in [-0.4, -0.2) is 77.5 Å². The first-order valence-electron chi connectivity index (χ1n) is 16.9. The number of fused-ring (bicyclic) bond motifs is 1. The van der Waals surface area contributed by atoms with Gasteiger partial charge in [0.1, 0.15) is 23.1 Å². The summed E-state index contributed by atoms with van der Waals surface area (Å²) in [5.74, 6) is -0.687. The monoisotopic (exact) mass is 612 g/mol. The molecule has 3 amide bonds. The normalized spacial score (nSPS) is 29.8. The second-order valence-corrected chi connectivity index (χ2v) is 13.3. The van der Waals surface area contributed by atoms with Crippen LogP contribution < -0.4 is 15.4 Å². The lowest BCUT2D eigenvalue weighted by Gasteiger charge is -2.35. The van der Waals surface area contributed by atoms with Gasteiger partial charge in [0, 0.05) is 24.8 Å². The highest BCUT2D eigenvalue weighted by molar-refractivity contribution is 6.02. The third-order valence-corrected chi connectivity index (χ3v) is 10.3. The van der Waals surface area contributed by atoms with E-state index in [-0.39, 0.29) is 23.8 Å². The minimum atomic E-state index is -1.14. The predicted molar refractivity (Wildman–Crippen MR) is 171 cm³/mol. The van der Waals surface area contributed by atoms with E-state index in [9.17, 15) is 14.4 Å². The van der Waals surface area contributed by atoms with Crippen molar-refractivity contribution in [3.05, 3.63) is 66.7 Å². The number of rotatable bonds is 9. The number of carbonyl (C=O) groups is 3. The highest BCUT2D eigenvalue weighted by atomic mass is 16.5. The van der Waals surface area contributed by atoms with Gasteiger partial charge >= 0.3 is 0 Å². The Balaban J connectivity index is 1.09. The molecule has 4 aliphatic heterocycles. The van der Waals surface area contributed by atoms with Crippen LogP contribution in [0.4, 0.5) is 5.69 Å². The zero-order valence-electron chi connectivity index (χ0n) is 25.9. The van der Waals surface area contributed by atoms with Crippen molar-refractivity contribution in [1.82, 2.24) is 15.1 Å². The number of benzene rings is 2. The van der Waals surface area contributed by atoms with Crippen LogP contribution >= 0.6 is 0 Å². The van der Waals surface area contributed by atoms with Gasteiger partial charge in [-0.2, -0.15) is 0 Å². The molecule has 2 aromatic carbocycles. The van der Waals surface area contributed by atoms with Crippen molar-refractivity contribution in [3.63, 3.8) is 0 Å². The molecule has 3 saturated heterocycles. The second kappa shape index (κ2) is 13.0. The largest absolute Gasteiger partial charge is 0.457 e. The van der Waals surface area contributed by atoms with Gasteiger partial charge in [0.05, 0.1) is 17.9 Å². The van der Waals surface area contributed by atoms with Gasteiger partial charge in [0.25, 0.3) is 0 Å². The Bertz CT molecular complexity index is 1400. The molecule has 2 N–H and O–H groups in total. The van der Waals surface area contributed by atoms with Crippen LogP contribution in [0.5, 0.6) is 11.5 Å². The van der Waals surface area contributed by atoms with Gasteiger partial charge in [0.15, 0.2) is 0 Å². The van der Waals surface area contributed by atoms with E-state index in [4.69, 9.17) is 9.47 Å². The van der Waals surface area contributed by atoms with Crippen LogP contribution in [0.25, 0.3) is 0 Å². The Kier molecular flexibility index (Phi) is 8.64. The topological polar surface area (TPSA) is 100 Å². The van der Waals surface area contributed by atoms with Crippen molar-refractivity contribution in [2.45, 2.75) is 81.6 Å². The molecule has 5 aliphatic rings. The Hall–Kier alpha value is -3.69. The highest BCUT2D eigenvalue weighted by Gasteiger charge is 2.72. The molecule has 1 aliphatic carbocycles. The van der Waals surface area contributed by atoms with E-state index in [1.54, 1.807) is 29.2 Å². The third kappa shape index (κ3) is 6.00. The standard InChI is InChI=1S/C36H44N4O5/c41-33(37-26-15-17-28(18-16-26)44-27-13-7-4-8-14-27)30-29-19-20-36(45-29)31(30)35(43)40(24-23-39-21-9-1-2-10-22-39)32(36)34(42)38-25-11-5-3-6-12-25/h4,7-8,13-20,25,29-32H,1-3,5-6,9-12,21-24H2,(H,37,41)(H,38,42)/t29-,30+,31-,32+,36-/m1/s1. The maximum absolute atomic E-state index is 14.3. The molecule has 1 saturated carbocycles. The van der Waals surface area contributed by atoms with Crippen LogP contribution in [0, 0.1) is 11.8 Å². The summed E-state index contributed by atoms with van der Waals surface area (Å²) in [4.78, 5) is 46.4. The van der Waals surface area contributed by atoms with Crippen molar-refractivity contribution < 1.29 is 23.9 Å². The zero-order chi connectivity index (χ0) is 30.8. The van der Waals surface area contributed by atoms with E-state index in [2.05, 4.69) is 15.5 Å². The number of para-hydroxylation sites is 1. The molecule has 0 aromatic heterocycles. The fraction of sp³-hybridized carbons (Fsp3) is 0.528. The summed E-state index contributed by atoms with van der Waals surface area (Å²) in [6.45, 7) is 3.17. The molecule has 0 radical (unpaired) electrons. The Morgan fingerprint density at radius 2 is 1.53 bits per heavy atom. The van der Waals surface area contributed by atoms with Crippen molar-refractivity contribution in [2.75, 3.05) is 31.5 Å². The first-order valence-corrected chi connectivity index (χ1v) is 16.9. The van der Waals surface area contributed by atoms with Crippen molar-refractivity contribution in [1.29, 1.82) is 0 Å². The minimum absolute atomic E-state index is 0.111. The van der Waals surface area contributed by atoms with Gasteiger partial charge in [-0.15, -0.1) is 0 Å². The number of amides is 3. The molecule has 2 bridgehead atoms. The summed E-state index contributed by atoms with van der Waals surface area (Å²) in [6, 6.07) is 16.0. The van der Waals surface area contributed by atoms with Crippen LogP contribution in [0.15, 0.2) is 66.7 Å². The number of ether oxygens (including phenoxy) is 2. The van der Waals surface area contributed by atoms with Gasteiger partial charge in [-0.3, -0.25) is 14.4 Å². The molecular weight excluding hydrogens is 568 g/mol. The quantitative estimate of drug-likeness (QED) is 0.391. The lowest BCUT2D eigenvalue weighted by molar-refractivity contribution is -0.141. The molecule has 4 fully saturated rings. The van der Waals surface area contributed by atoms with Crippen LogP contribution in [0.1, 0.15) is 57.8 Å². The van der Waals surface area contributed by atoms with E-state index in [1.807, 2.05) is 42.5 Å². The minimum Gasteiger partial charge on any atom is -0.457 e. The summed E-state index contributed by atoms with van der Waals surface area (Å²) < 4.78 is 12.4. The Labute approximate surface area is 265 Å². The van der Waals surface area contributed by atoms with E-state index >= 15 is 0 Å². The summed E-state index contributed by atoms with van der Waals surface area (Å²) in [5, 5.41) is 6.30. The molecular formula is C36H44N4O5. The van der Waals surface area contributed by atoms with E-state index in [1.165, 1.54) is 19.3 Å². The lowest BCUT2D eigenvalue weighted by atomic mass is 9.74. The first-order chi connectivity index (χ1) is 22.0. The fourth-order valence-corrected chi connectivity index (χ4v) is 8.10. The van der Waals surface area contributed by atoms with Gasteiger partial charge in [-0.25, -0.2) is 0 Å². The molecule has 5 atom stereocenters. The lowest BCUT2D eigenvalue weighted by Crippen LogP contribution is -2.57. The predicted octanol–water partition coefficient (Wildman–Crippen LogP) is 4.89. The van der Waals surface area contributed by atoms with Gasteiger partial charge in [0.2, 0.25) is 17.7 Å². The smallest absolute Gasteiger partial charge is 0.246 e. The molecule has 2 aromatic rings. The maximum atomic E-state index is 14.3. The molecule has 7 rings (SSSR count). The van der Waals surface area contributed by atoms with Crippen LogP contribution in [0.2, 0.25) is 0 Å². The molecule has 0 unspecified atom stereocenters. The van der Waals surface area contributed by atoms with Gasteiger partial charge in [-0.1, -0.05) is 62.5 Å². The number of hydrogen-bond acceptors (Lipinski definition) is 6.